The maximum atomic E-state index is 10.5. The van der Waals surface area contributed by atoms with Crippen LogP contribution in [0.3, 0.4) is 0 Å². The normalized spacial score (nSPS) is 17.4. The molecule has 0 aromatic heterocycles. The van der Waals surface area contributed by atoms with Gasteiger partial charge >= 0.3 is 0 Å². The minimum absolute atomic E-state index is 0.384. The molecule has 0 bridgehead atoms. The van der Waals surface area contributed by atoms with Gasteiger partial charge in [0.25, 0.3) is 0 Å². The Morgan fingerprint density at radius 2 is 2.05 bits per heavy atom. The van der Waals surface area contributed by atoms with Crippen molar-refractivity contribution in [1.29, 1.82) is 0 Å². The molecule has 124 valence electrons. The minimum atomic E-state index is -0.384. The first-order valence-electron chi connectivity index (χ1n) is 8.61. The fourth-order valence-corrected chi connectivity index (χ4v) is 2.92. The lowest BCUT2D eigenvalue weighted by Crippen LogP contribution is -2.44. The third-order valence-corrected chi connectivity index (χ3v) is 4.26. The molecule has 1 unspecified atom stereocenters. The van der Waals surface area contributed by atoms with E-state index < -0.39 is 0 Å². The molecule has 4 nitrogen and oxygen atoms in total. The summed E-state index contributed by atoms with van der Waals surface area (Å²) in [6.45, 7) is 10.2. The van der Waals surface area contributed by atoms with Crippen LogP contribution in [0, 0.1) is 0 Å². The van der Waals surface area contributed by atoms with Crippen LogP contribution in [-0.4, -0.2) is 49.3 Å². The molecule has 1 aliphatic rings. The molecular formula is C18H30N2O2. The van der Waals surface area contributed by atoms with E-state index in [1.54, 1.807) is 0 Å². The molecule has 0 aliphatic carbocycles. The molecule has 2 N–H and O–H groups in total. The molecule has 1 aromatic carbocycles. The van der Waals surface area contributed by atoms with Crippen LogP contribution in [0.25, 0.3) is 0 Å². The maximum Gasteiger partial charge on any atom is 0.119 e. The van der Waals surface area contributed by atoms with Gasteiger partial charge in [-0.05, 0) is 42.5 Å². The Labute approximate surface area is 134 Å². The summed E-state index contributed by atoms with van der Waals surface area (Å²) in [5, 5.41) is 13.9. The largest absolute Gasteiger partial charge is 0.494 e. The lowest BCUT2D eigenvalue weighted by atomic mass is 9.98. The molecule has 1 atom stereocenters. The van der Waals surface area contributed by atoms with Gasteiger partial charge < -0.3 is 20.1 Å². The summed E-state index contributed by atoms with van der Waals surface area (Å²) in [6.07, 6.45) is 2.34. The van der Waals surface area contributed by atoms with Crippen molar-refractivity contribution in [3.05, 3.63) is 29.3 Å². The molecule has 1 aromatic rings. The van der Waals surface area contributed by atoms with Gasteiger partial charge in [-0.3, -0.25) is 0 Å². The molecule has 0 spiro atoms. The minimum Gasteiger partial charge on any atom is -0.494 e. The standard InChI is InChI=1S/C18H30N2O2/c1-3-13-22-16-5-6-17(15(4-2)14-16)18(21)7-10-20-11-8-19-9-12-20/h5-6,14,18-19,21H,3-4,7-13H2,1-2H3. The van der Waals surface area contributed by atoms with E-state index in [1.807, 2.05) is 12.1 Å². The third kappa shape index (κ3) is 4.97. The molecule has 2 rings (SSSR count). The number of aliphatic hydroxyl groups excluding tert-OH is 1. The summed E-state index contributed by atoms with van der Waals surface area (Å²) in [7, 11) is 0. The average molecular weight is 306 g/mol. The van der Waals surface area contributed by atoms with Gasteiger partial charge in [0.15, 0.2) is 0 Å². The van der Waals surface area contributed by atoms with E-state index in [-0.39, 0.29) is 6.10 Å². The summed E-state index contributed by atoms with van der Waals surface area (Å²) in [4.78, 5) is 2.42. The molecule has 0 amide bonds. The molecule has 1 aliphatic heterocycles. The van der Waals surface area contributed by atoms with Gasteiger partial charge in [-0.1, -0.05) is 19.9 Å². The van der Waals surface area contributed by atoms with Crippen molar-refractivity contribution in [2.24, 2.45) is 0 Å². The summed E-state index contributed by atoms with van der Waals surface area (Å²) >= 11 is 0. The van der Waals surface area contributed by atoms with Crippen LogP contribution in [-0.2, 0) is 6.42 Å². The highest BCUT2D eigenvalue weighted by Gasteiger charge is 2.15. The third-order valence-electron chi connectivity index (χ3n) is 4.26. The molecule has 4 heteroatoms. The van der Waals surface area contributed by atoms with Gasteiger partial charge in [0.2, 0.25) is 0 Å². The second-order valence-electron chi connectivity index (χ2n) is 5.96. The van der Waals surface area contributed by atoms with Crippen LogP contribution in [0.2, 0.25) is 0 Å². The second-order valence-corrected chi connectivity index (χ2v) is 5.96. The Morgan fingerprint density at radius 1 is 1.27 bits per heavy atom. The number of nitrogens with zero attached hydrogens (tertiary/aromatic N) is 1. The Hall–Kier alpha value is -1.10. The summed E-state index contributed by atoms with van der Waals surface area (Å²) < 4.78 is 5.69. The number of piperazine rings is 1. The fourth-order valence-electron chi connectivity index (χ4n) is 2.92. The van der Waals surface area contributed by atoms with E-state index in [0.29, 0.717) is 0 Å². The molecule has 1 fully saturated rings. The molecular weight excluding hydrogens is 276 g/mol. The number of hydrogen-bond donors (Lipinski definition) is 2. The second kappa shape index (κ2) is 9.13. The SMILES string of the molecule is CCCOc1ccc(C(O)CCN2CCNCC2)c(CC)c1. The van der Waals surface area contributed by atoms with Crippen molar-refractivity contribution in [3.63, 3.8) is 0 Å². The fraction of sp³-hybridized carbons (Fsp3) is 0.667. The van der Waals surface area contributed by atoms with E-state index in [1.165, 1.54) is 5.56 Å². The summed E-state index contributed by atoms with van der Waals surface area (Å²) in [5.74, 6) is 0.914. The van der Waals surface area contributed by atoms with E-state index in [2.05, 4.69) is 30.1 Å². The van der Waals surface area contributed by atoms with E-state index in [4.69, 9.17) is 4.74 Å². The van der Waals surface area contributed by atoms with Crippen LogP contribution in [0.4, 0.5) is 0 Å². The number of rotatable bonds is 8. The van der Waals surface area contributed by atoms with Crippen LogP contribution >= 0.6 is 0 Å². The maximum absolute atomic E-state index is 10.5. The zero-order valence-corrected chi connectivity index (χ0v) is 14.0. The van der Waals surface area contributed by atoms with Gasteiger partial charge in [0.05, 0.1) is 12.7 Å². The van der Waals surface area contributed by atoms with E-state index in [9.17, 15) is 5.11 Å². The van der Waals surface area contributed by atoms with Gasteiger partial charge in [-0.25, -0.2) is 0 Å². The number of aryl methyl sites for hydroxylation is 1. The quantitative estimate of drug-likeness (QED) is 0.774. The number of benzene rings is 1. The first-order valence-corrected chi connectivity index (χ1v) is 8.61. The number of ether oxygens (including phenoxy) is 1. The molecule has 0 saturated carbocycles. The average Bonchev–Trinajstić information content (AvgIpc) is 2.58. The molecule has 0 radical (unpaired) electrons. The van der Waals surface area contributed by atoms with Gasteiger partial charge in [0.1, 0.15) is 5.75 Å². The van der Waals surface area contributed by atoms with Gasteiger partial charge in [-0.2, -0.15) is 0 Å². The lowest BCUT2D eigenvalue weighted by Gasteiger charge is -2.28. The Kier molecular flexibility index (Phi) is 7.16. The van der Waals surface area contributed by atoms with Crippen molar-refractivity contribution in [2.45, 2.75) is 39.2 Å². The number of hydrogen-bond acceptors (Lipinski definition) is 4. The lowest BCUT2D eigenvalue weighted by molar-refractivity contribution is 0.136. The molecule has 1 heterocycles. The zero-order chi connectivity index (χ0) is 15.8. The first kappa shape index (κ1) is 17.3. The molecule has 1 saturated heterocycles. The highest BCUT2D eigenvalue weighted by Crippen LogP contribution is 2.26. The van der Waals surface area contributed by atoms with Crippen LogP contribution in [0.1, 0.15) is 43.9 Å². The Bertz CT molecular complexity index is 445. The van der Waals surface area contributed by atoms with E-state index >= 15 is 0 Å². The number of aliphatic hydroxyl groups is 1. The van der Waals surface area contributed by atoms with Crippen LogP contribution < -0.4 is 10.1 Å². The topological polar surface area (TPSA) is 44.7 Å². The van der Waals surface area contributed by atoms with Crippen molar-refractivity contribution in [2.75, 3.05) is 39.3 Å². The highest BCUT2D eigenvalue weighted by atomic mass is 16.5. The van der Waals surface area contributed by atoms with Crippen molar-refractivity contribution in [1.82, 2.24) is 10.2 Å². The highest BCUT2D eigenvalue weighted by molar-refractivity contribution is 5.37. The molecule has 22 heavy (non-hydrogen) atoms. The zero-order valence-electron chi connectivity index (χ0n) is 14.0. The van der Waals surface area contributed by atoms with Gasteiger partial charge in [0, 0.05) is 32.7 Å². The monoisotopic (exact) mass is 306 g/mol. The first-order chi connectivity index (χ1) is 10.7. The Balaban J connectivity index is 1.93. The van der Waals surface area contributed by atoms with Crippen LogP contribution in [0.15, 0.2) is 18.2 Å². The van der Waals surface area contributed by atoms with Gasteiger partial charge in [-0.15, -0.1) is 0 Å². The smallest absolute Gasteiger partial charge is 0.119 e. The van der Waals surface area contributed by atoms with Crippen LogP contribution in [0.5, 0.6) is 5.75 Å². The van der Waals surface area contributed by atoms with E-state index in [0.717, 1.165) is 69.9 Å². The summed E-state index contributed by atoms with van der Waals surface area (Å²) in [5.41, 5.74) is 2.25. The number of nitrogens with one attached hydrogen (secondary N) is 1. The predicted octanol–water partition coefficient (Wildman–Crippen LogP) is 2.37. The van der Waals surface area contributed by atoms with Crippen molar-refractivity contribution in [3.8, 4) is 5.75 Å². The summed E-state index contributed by atoms with van der Waals surface area (Å²) in [6, 6.07) is 6.10. The van der Waals surface area contributed by atoms with Crippen molar-refractivity contribution >= 4 is 0 Å². The van der Waals surface area contributed by atoms with Crippen molar-refractivity contribution < 1.29 is 9.84 Å². The Morgan fingerprint density at radius 3 is 2.73 bits per heavy atom. The predicted molar refractivity (Wildman–Crippen MR) is 90.5 cm³/mol.